The number of thiophene rings is 1. The molecule has 136 valence electrons. The summed E-state index contributed by atoms with van der Waals surface area (Å²) in [6, 6.07) is 7.66. The molecule has 0 saturated carbocycles. The first-order chi connectivity index (χ1) is 12.7. The van der Waals surface area contributed by atoms with E-state index < -0.39 is 0 Å². The first kappa shape index (κ1) is 18.4. The van der Waals surface area contributed by atoms with Gasteiger partial charge in [0.15, 0.2) is 4.80 Å². The molecule has 0 N–H and O–H groups in total. The number of carbonyl (C=O) groups excluding carboxylic acids is 1. The van der Waals surface area contributed by atoms with Gasteiger partial charge in [-0.15, -0.1) is 11.3 Å². The standard InChI is InChI=1S/C19H20N2O3S2/c1-4-11-21-17-14(23-2)8-9-15(24-3)18(17)26-19(21)20-16(22)10-7-13-6-5-12-25-13/h5-10,12H,4,11H2,1-3H3/b10-7+,20-19?. The number of fused-ring (bicyclic) bond motifs is 1. The average Bonchev–Trinajstić information content (AvgIpc) is 3.28. The first-order valence-corrected chi connectivity index (χ1v) is 9.92. The first-order valence-electron chi connectivity index (χ1n) is 8.22. The predicted molar refractivity (Wildman–Crippen MR) is 107 cm³/mol. The topological polar surface area (TPSA) is 52.8 Å². The highest BCUT2D eigenvalue weighted by atomic mass is 32.1. The van der Waals surface area contributed by atoms with E-state index in [9.17, 15) is 4.79 Å². The van der Waals surface area contributed by atoms with Gasteiger partial charge in [0, 0.05) is 17.5 Å². The summed E-state index contributed by atoms with van der Waals surface area (Å²) in [6.07, 6.45) is 4.20. The van der Waals surface area contributed by atoms with Crippen molar-refractivity contribution in [3.05, 3.63) is 45.4 Å². The van der Waals surface area contributed by atoms with E-state index >= 15 is 0 Å². The van der Waals surface area contributed by atoms with Crippen molar-refractivity contribution in [1.82, 2.24) is 4.57 Å². The van der Waals surface area contributed by atoms with E-state index in [1.807, 2.05) is 34.2 Å². The average molecular weight is 389 g/mol. The minimum Gasteiger partial charge on any atom is -0.495 e. The zero-order valence-corrected chi connectivity index (χ0v) is 16.5. The van der Waals surface area contributed by atoms with Crippen LogP contribution in [0.2, 0.25) is 0 Å². The molecule has 0 fully saturated rings. The summed E-state index contributed by atoms with van der Waals surface area (Å²) in [5.74, 6) is 1.21. The van der Waals surface area contributed by atoms with Crippen LogP contribution in [0.15, 0.2) is 40.7 Å². The van der Waals surface area contributed by atoms with Crippen LogP contribution < -0.4 is 14.3 Å². The van der Waals surface area contributed by atoms with E-state index in [0.717, 1.165) is 39.6 Å². The van der Waals surface area contributed by atoms with Gasteiger partial charge in [0.25, 0.3) is 5.91 Å². The maximum atomic E-state index is 12.3. The number of methoxy groups -OCH3 is 2. The quantitative estimate of drug-likeness (QED) is 0.591. The van der Waals surface area contributed by atoms with Gasteiger partial charge >= 0.3 is 0 Å². The molecule has 2 heterocycles. The highest BCUT2D eigenvalue weighted by Gasteiger charge is 2.15. The Bertz CT molecular complexity index is 998. The van der Waals surface area contributed by atoms with Crippen LogP contribution in [0.1, 0.15) is 18.2 Å². The van der Waals surface area contributed by atoms with Crippen molar-refractivity contribution < 1.29 is 14.3 Å². The Morgan fingerprint density at radius 3 is 2.65 bits per heavy atom. The minimum atomic E-state index is -0.284. The van der Waals surface area contributed by atoms with Crippen LogP contribution in [0.4, 0.5) is 0 Å². The summed E-state index contributed by atoms with van der Waals surface area (Å²) < 4.78 is 13.9. The Balaban J connectivity index is 2.12. The van der Waals surface area contributed by atoms with E-state index in [2.05, 4.69) is 11.9 Å². The summed E-state index contributed by atoms with van der Waals surface area (Å²) in [5, 5.41) is 1.97. The summed E-state index contributed by atoms with van der Waals surface area (Å²) in [5.41, 5.74) is 0.910. The molecule has 3 rings (SSSR count). The summed E-state index contributed by atoms with van der Waals surface area (Å²) in [7, 11) is 3.28. The van der Waals surface area contributed by atoms with Gasteiger partial charge in [-0.3, -0.25) is 4.79 Å². The molecule has 1 amide bonds. The molecule has 0 radical (unpaired) electrons. The van der Waals surface area contributed by atoms with Gasteiger partial charge in [-0.1, -0.05) is 24.3 Å². The lowest BCUT2D eigenvalue weighted by molar-refractivity contribution is -0.113. The molecule has 0 spiro atoms. The molecule has 1 aromatic carbocycles. The van der Waals surface area contributed by atoms with Crippen molar-refractivity contribution >= 4 is 44.9 Å². The van der Waals surface area contributed by atoms with Crippen LogP contribution in [0.5, 0.6) is 11.5 Å². The third-order valence-electron chi connectivity index (χ3n) is 3.78. The maximum absolute atomic E-state index is 12.3. The molecule has 7 heteroatoms. The highest BCUT2D eigenvalue weighted by molar-refractivity contribution is 7.16. The van der Waals surface area contributed by atoms with Crippen molar-refractivity contribution in [1.29, 1.82) is 0 Å². The number of carbonyl (C=O) groups is 1. The molecule has 5 nitrogen and oxygen atoms in total. The number of nitrogens with zero attached hydrogens (tertiary/aromatic N) is 2. The fraction of sp³-hybridized carbons (Fsp3) is 0.263. The summed E-state index contributed by atoms with van der Waals surface area (Å²) in [4.78, 5) is 18.3. The lowest BCUT2D eigenvalue weighted by atomic mass is 10.3. The second-order valence-corrected chi connectivity index (χ2v) is 7.44. The lowest BCUT2D eigenvalue weighted by Gasteiger charge is -2.09. The van der Waals surface area contributed by atoms with E-state index in [1.54, 1.807) is 31.6 Å². The molecule has 0 aliphatic carbocycles. The summed E-state index contributed by atoms with van der Waals surface area (Å²) >= 11 is 3.02. The lowest BCUT2D eigenvalue weighted by Crippen LogP contribution is -2.16. The van der Waals surface area contributed by atoms with Crippen LogP contribution in [-0.4, -0.2) is 24.7 Å². The van der Waals surface area contributed by atoms with Crippen LogP contribution in [0, 0.1) is 0 Å². The SMILES string of the molecule is CCCn1c(=NC(=O)/C=C/c2cccs2)sc2c(OC)ccc(OC)c21. The molecular weight excluding hydrogens is 368 g/mol. The largest absolute Gasteiger partial charge is 0.495 e. The van der Waals surface area contributed by atoms with Crippen LogP contribution in [-0.2, 0) is 11.3 Å². The number of amides is 1. The number of hydrogen-bond donors (Lipinski definition) is 0. The molecule has 0 unspecified atom stereocenters. The van der Waals surface area contributed by atoms with Crippen molar-refractivity contribution in [2.75, 3.05) is 14.2 Å². The van der Waals surface area contributed by atoms with E-state index in [1.165, 1.54) is 17.4 Å². The van der Waals surface area contributed by atoms with Gasteiger partial charge in [0.1, 0.15) is 21.7 Å². The van der Waals surface area contributed by atoms with Crippen molar-refractivity contribution in [2.24, 2.45) is 4.99 Å². The van der Waals surface area contributed by atoms with Crippen LogP contribution in [0.25, 0.3) is 16.3 Å². The molecule has 0 bridgehead atoms. The Labute approximate surface area is 159 Å². The van der Waals surface area contributed by atoms with Crippen molar-refractivity contribution in [2.45, 2.75) is 19.9 Å². The van der Waals surface area contributed by atoms with Gasteiger partial charge < -0.3 is 14.0 Å². The number of benzene rings is 1. The fourth-order valence-electron chi connectivity index (χ4n) is 2.64. The van der Waals surface area contributed by atoms with Crippen molar-refractivity contribution in [3.8, 4) is 11.5 Å². The van der Waals surface area contributed by atoms with Crippen LogP contribution >= 0.6 is 22.7 Å². The minimum absolute atomic E-state index is 0.284. The second kappa shape index (κ2) is 8.33. The number of ether oxygens (including phenoxy) is 2. The normalized spacial score (nSPS) is 12.2. The smallest absolute Gasteiger partial charge is 0.272 e. The van der Waals surface area contributed by atoms with Gasteiger partial charge in [-0.05, 0) is 36.1 Å². The van der Waals surface area contributed by atoms with Gasteiger partial charge in [0.2, 0.25) is 0 Å². The third-order valence-corrected chi connectivity index (χ3v) is 5.71. The molecule has 0 saturated heterocycles. The number of hydrogen-bond acceptors (Lipinski definition) is 5. The maximum Gasteiger partial charge on any atom is 0.272 e. The number of thiazole rings is 1. The van der Waals surface area contributed by atoms with E-state index in [0.29, 0.717) is 4.80 Å². The van der Waals surface area contributed by atoms with Gasteiger partial charge in [-0.2, -0.15) is 4.99 Å². The highest BCUT2D eigenvalue weighted by Crippen LogP contribution is 2.35. The molecule has 2 aromatic heterocycles. The van der Waals surface area contributed by atoms with E-state index in [4.69, 9.17) is 9.47 Å². The monoisotopic (exact) mass is 388 g/mol. The molecule has 0 atom stereocenters. The Morgan fingerprint density at radius 2 is 2.00 bits per heavy atom. The Morgan fingerprint density at radius 1 is 1.23 bits per heavy atom. The number of aryl methyl sites for hydroxylation is 1. The predicted octanol–water partition coefficient (Wildman–Crippen LogP) is 4.33. The number of aromatic nitrogens is 1. The molecule has 26 heavy (non-hydrogen) atoms. The molecule has 3 aromatic rings. The second-order valence-electron chi connectivity index (χ2n) is 5.48. The molecular formula is C19H20N2O3S2. The zero-order chi connectivity index (χ0) is 18.5. The third kappa shape index (κ3) is 3.73. The Hall–Kier alpha value is -2.38. The van der Waals surface area contributed by atoms with Gasteiger partial charge in [-0.25, -0.2) is 0 Å². The molecule has 0 aliphatic rings. The van der Waals surface area contributed by atoms with Crippen LogP contribution in [0.3, 0.4) is 0 Å². The van der Waals surface area contributed by atoms with E-state index in [-0.39, 0.29) is 5.91 Å². The zero-order valence-electron chi connectivity index (χ0n) is 14.9. The molecule has 0 aliphatic heterocycles. The fourth-order valence-corrected chi connectivity index (χ4v) is 4.43. The number of rotatable bonds is 6. The van der Waals surface area contributed by atoms with Gasteiger partial charge in [0.05, 0.1) is 14.2 Å². The van der Waals surface area contributed by atoms with Crippen molar-refractivity contribution in [3.63, 3.8) is 0 Å². The summed E-state index contributed by atoms with van der Waals surface area (Å²) in [6.45, 7) is 2.83. The Kier molecular flexibility index (Phi) is 5.90.